The van der Waals surface area contributed by atoms with Gasteiger partial charge >= 0.3 is 0 Å². The number of benzene rings is 3. The van der Waals surface area contributed by atoms with Gasteiger partial charge in [0.15, 0.2) is 4.80 Å². The van der Waals surface area contributed by atoms with E-state index in [9.17, 15) is 14.9 Å². The highest BCUT2D eigenvalue weighted by Crippen LogP contribution is 2.41. The molecule has 9 heteroatoms. The van der Waals surface area contributed by atoms with Gasteiger partial charge in [0.2, 0.25) is 0 Å². The van der Waals surface area contributed by atoms with E-state index in [0.717, 1.165) is 47.2 Å². The highest BCUT2D eigenvalue weighted by Gasteiger charge is 2.32. The van der Waals surface area contributed by atoms with Crippen LogP contribution in [-0.4, -0.2) is 9.49 Å². The summed E-state index contributed by atoms with van der Waals surface area (Å²) >= 11 is 13.5. The number of allylic oxidation sites excluding steroid dienone is 2. The van der Waals surface area contributed by atoms with E-state index in [1.165, 1.54) is 17.4 Å². The van der Waals surface area contributed by atoms with E-state index in [1.54, 1.807) is 28.8 Å². The predicted octanol–water partition coefficient (Wildman–Crippen LogP) is 6.70. The second-order valence-corrected chi connectivity index (χ2v) is 11.3. The zero-order valence-electron chi connectivity index (χ0n) is 20.5. The molecule has 0 spiro atoms. The molecule has 3 aromatic carbocycles. The average molecular weight is 574 g/mol. The lowest BCUT2D eigenvalue weighted by atomic mass is 9.84. The minimum atomic E-state index is -0.439. The molecule has 0 bridgehead atoms. The summed E-state index contributed by atoms with van der Waals surface area (Å²) in [6.07, 6.45) is 6.32. The molecule has 1 aliphatic carbocycles. The van der Waals surface area contributed by atoms with Gasteiger partial charge in [-0.1, -0.05) is 70.9 Å². The van der Waals surface area contributed by atoms with E-state index in [4.69, 9.17) is 28.2 Å². The molecule has 6 rings (SSSR count). The van der Waals surface area contributed by atoms with Gasteiger partial charge in [0, 0.05) is 16.1 Å². The molecule has 0 amide bonds. The SMILES string of the molecule is O=c1/c(=C\c2ccccc2[N+](=O)[O-])sc2n1[C@@H](c1ccc(Cl)cc1)C1=C(N=2)/C(=C\c2ccc(Cl)cc2)CCC1. The number of para-hydroxylation sites is 1. The van der Waals surface area contributed by atoms with Crippen molar-refractivity contribution in [3.63, 3.8) is 0 Å². The molecule has 39 heavy (non-hydrogen) atoms. The lowest BCUT2D eigenvalue weighted by Crippen LogP contribution is -2.39. The Kier molecular flexibility index (Phi) is 6.81. The Morgan fingerprint density at radius 2 is 1.64 bits per heavy atom. The first kappa shape index (κ1) is 25.5. The number of hydrogen-bond donors (Lipinski definition) is 0. The van der Waals surface area contributed by atoms with Crippen molar-refractivity contribution >= 4 is 52.4 Å². The molecule has 1 atom stereocenters. The van der Waals surface area contributed by atoms with Gasteiger partial charge in [-0.2, -0.15) is 0 Å². The fraction of sp³-hybridized carbons (Fsp3) is 0.133. The molecular weight excluding hydrogens is 553 g/mol. The molecule has 194 valence electrons. The number of aromatic nitrogens is 1. The van der Waals surface area contributed by atoms with Crippen LogP contribution >= 0.6 is 34.5 Å². The van der Waals surface area contributed by atoms with Crippen LogP contribution in [0.3, 0.4) is 0 Å². The number of fused-ring (bicyclic) bond motifs is 1. The summed E-state index contributed by atoms with van der Waals surface area (Å²) in [6.45, 7) is 0. The summed E-state index contributed by atoms with van der Waals surface area (Å²) in [5.74, 6) is 0. The Morgan fingerprint density at radius 3 is 2.36 bits per heavy atom. The minimum Gasteiger partial charge on any atom is -0.272 e. The fourth-order valence-electron chi connectivity index (χ4n) is 5.18. The molecule has 0 N–H and O–H groups in total. The number of nitro benzene ring substituents is 1. The highest BCUT2D eigenvalue weighted by molar-refractivity contribution is 7.07. The zero-order valence-corrected chi connectivity index (χ0v) is 22.8. The normalized spacial score (nSPS) is 18.1. The van der Waals surface area contributed by atoms with Crippen LogP contribution in [0, 0.1) is 10.1 Å². The molecule has 2 aliphatic rings. The number of nitrogens with zero attached hydrogens (tertiary/aromatic N) is 3. The van der Waals surface area contributed by atoms with Crippen LogP contribution in [0.15, 0.2) is 99.4 Å². The Balaban J connectivity index is 1.58. The highest BCUT2D eigenvalue weighted by atomic mass is 35.5. The van der Waals surface area contributed by atoms with Crippen LogP contribution < -0.4 is 14.9 Å². The summed E-state index contributed by atoms with van der Waals surface area (Å²) in [5.41, 5.74) is 5.15. The fourth-order valence-corrected chi connectivity index (χ4v) is 6.42. The molecule has 0 unspecified atom stereocenters. The molecule has 6 nitrogen and oxygen atoms in total. The van der Waals surface area contributed by atoms with Crippen molar-refractivity contribution < 1.29 is 4.92 Å². The van der Waals surface area contributed by atoms with E-state index >= 15 is 0 Å². The maximum Gasteiger partial charge on any atom is 0.276 e. The first-order valence-corrected chi connectivity index (χ1v) is 14.0. The minimum absolute atomic E-state index is 0.0509. The van der Waals surface area contributed by atoms with Crippen LogP contribution in [0.1, 0.15) is 42.0 Å². The van der Waals surface area contributed by atoms with Gasteiger partial charge < -0.3 is 0 Å². The summed E-state index contributed by atoms with van der Waals surface area (Å²) in [6, 6.07) is 21.3. The van der Waals surface area contributed by atoms with Gasteiger partial charge in [-0.05, 0) is 84.0 Å². The molecule has 0 radical (unpaired) electrons. The van der Waals surface area contributed by atoms with Gasteiger partial charge in [0.05, 0.1) is 26.8 Å². The molecule has 2 heterocycles. The van der Waals surface area contributed by atoms with Gasteiger partial charge in [-0.15, -0.1) is 0 Å². The quantitative estimate of drug-likeness (QED) is 0.201. The van der Waals surface area contributed by atoms with Crippen LogP contribution in [0.5, 0.6) is 0 Å². The third-order valence-corrected chi connectivity index (χ3v) is 8.44. The molecule has 0 saturated heterocycles. The van der Waals surface area contributed by atoms with Crippen LogP contribution in [0.25, 0.3) is 12.2 Å². The second-order valence-electron chi connectivity index (χ2n) is 9.40. The van der Waals surface area contributed by atoms with Crippen LogP contribution in [0.4, 0.5) is 5.69 Å². The van der Waals surface area contributed by atoms with E-state index < -0.39 is 4.92 Å². The third kappa shape index (κ3) is 4.89. The molecular formula is C30H21Cl2N3O3S. The Hall–Kier alpha value is -3.78. The summed E-state index contributed by atoms with van der Waals surface area (Å²) in [5, 5.41) is 12.9. The summed E-state index contributed by atoms with van der Waals surface area (Å²) < 4.78 is 2.11. The van der Waals surface area contributed by atoms with Gasteiger partial charge in [0.1, 0.15) is 0 Å². The van der Waals surface area contributed by atoms with Crippen molar-refractivity contribution in [3.8, 4) is 0 Å². The maximum absolute atomic E-state index is 13.9. The zero-order chi connectivity index (χ0) is 27.1. The van der Waals surface area contributed by atoms with Crippen molar-refractivity contribution in [2.45, 2.75) is 25.3 Å². The second kappa shape index (κ2) is 10.4. The van der Waals surface area contributed by atoms with Crippen molar-refractivity contribution in [2.75, 3.05) is 0 Å². The number of nitro groups is 1. The number of thiazole rings is 1. The van der Waals surface area contributed by atoms with E-state index in [1.807, 2.05) is 48.5 Å². The van der Waals surface area contributed by atoms with Crippen LogP contribution in [0.2, 0.25) is 10.0 Å². The smallest absolute Gasteiger partial charge is 0.272 e. The molecule has 0 fully saturated rings. The average Bonchev–Trinajstić information content (AvgIpc) is 3.24. The maximum atomic E-state index is 13.9. The summed E-state index contributed by atoms with van der Waals surface area (Å²) in [4.78, 5) is 30.6. The van der Waals surface area contributed by atoms with Crippen LogP contribution in [-0.2, 0) is 0 Å². The number of hydrogen-bond acceptors (Lipinski definition) is 5. The first-order valence-electron chi connectivity index (χ1n) is 12.4. The van der Waals surface area contributed by atoms with E-state index in [-0.39, 0.29) is 17.3 Å². The predicted molar refractivity (Wildman–Crippen MR) is 156 cm³/mol. The topological polar surface area (TPSA) is 77.5 Å². The van der Waals surface area contributed by atoms with Crippen molar-refractivity contribution in [1.82, 2.24) is 4.57 Å². The van der Waals surface area contributed by atoms with E-state index in [2.05, 4.69) is 6.08 Å². The molecule has 4 aromatic rings. The van der Waals surface area contributed by atoms with Crippen molar-refractivity contribution in [3.05, 3.63) is 146 Å². The van der Waals surface area contributed by atoms with Gasteiger partial charge in [-0.3, -0.25) is 19.5 Å². The van der Waals surface area contributed by atoms with Gasteiger partial charge in [-0.25, -0.2) is 4.99 Å². The molecule has 1 aliphatic heterocycles. The number of halogens is 2. The Morgan fingerprint density at radius 1 is 0.949 bits per heavy atom. The Bertz CT molecular complexity index is 1850. The molecule has 1 aromatic heterocycles. The Labute approximate surface area is 237 Å². The third-order valence-electron chi connectivity index (χ3n) is 6.95. The lowest BCUT2D eigenvalue weighted by molar-refractivity contribution is -0.385. The number of rotatable bonds is 4. The monoisotopic (exact) mass is 573 g/mol. The van der Waals surface area contributed by atoms with E-state index in [0.29, 0.717) is 24.9 Å². The van der Waals surface area contributed by atoms with Gasteiger partial charge in [0.25, 0.3) is 11.2 Å². The lowest BCUT2D eigenvalue weighted by Gasteiger charge is -2.31. The first-order chi connectivity index (χ1) is 18.9. The summed E-state index contributed by atoms with van der Waals surface area (Å²) in [7, 11) is 0. The standard InChI is InChI=1S/C30H21Cl2N3O3S/c31-22-12-8-18(9-13-22)16-21-5-3-6-24-27(21)33-30-34(28(24)19-10-14-23(32)15-11-19)29(36)26(39-30)17-20-4-1-2-7-25(20)35(37)38/h1-2,4,7-17,28H,3,5-6H2/b21-16-,26-17+/t28-/m0/s1. The van der Waals surface area contributed by atoms with Crippen molar-refractivity contribution in [1.29, 1.82) is 0 Å². The van der Waals surface area contributed by atoms with Crippen molar-refractivity contribution in [2.24, 2.45) is 4.99 Å². The largest absolute Gasteiger partial charge is 0.276 e. The molecule has 0 saturated carbocycles.